The summed E-state index contributed by atoms with van der Waals surface area (Å²) in [5.41, 5.74) is -2.85. The third-order valence-electron chi connectivity index (χ3n) is 3.03. The van der Waals surface area contributed by atoms with Crippen LogP contribution in [0.25, 0.3) is 0 Å². The summed E-state index contributed by atoms with van der Waals surface area (Å²) >= 11 is 0. The van der Waals surface area contributed by atoms with E-state index in [2.05, 4.69) is 4.74 Å². The second-order valence-electron chi connectivity index (χ2n) is 5.24. The average molecular weight is 348 g/mol. The molecule has 0 bridgehead atoms. The summed E-state index contributed by atoms with van der Waals surface area (Å²) in [5, 5.41) is 35.4. The molecule has 0 saturated heterocycles. The Morgan fingerprint density at radius 1 is 0.708 bits per heavy atom. The Balaban J connectivity index is 4.16. The lowest BCUT2D eigenvalue weighted by Gasteiger charge is -2.19. The maximum atomic E-state index is 11.4. The molecule has 0 saturated carbocycles. The Kier molecular flexibility index (Phi) is 9.25. The molecule has 0 rings (SSSR count). The van der Waals surface area contributed by atoms with Crippen LogP contribution in [0.15, 0.2) is 0 Å². The number of carboxylic acid groups (broad SMARTS) is 3. The van der Waals surface area contributed by atoms with Crippen molar-refractivity contribution in [1.29, 1.82) is 0 Å². The SMILES string of the molecule is O=C(O)CCCCCCC(=O)OC(=O)CC(O)(CC(=O)O)C(=O)O. The quantitative estimate of drug-likeness (QED) is 0.216. The van der Waals surface area contributed by atoms with E-state index in [1.165, 1.54) is 0 Å². The largest absolute Gasteiger partial charge is 0.481 e. The van der Waals surface area contributed by atoms with Gasteiger partial charge in [0.05, 0.1) is 12.8 Å². The van der Waals surface area contributed by atoms with Gasteiger partial charge in [0.2, 0.25) is 0 Å². The minimum atomic E-state index is -2.85. The molecule has 4 N–H and O–H groups in total. The van der Waals surface area contributed by atoms with Crippen LogP contribution in [0, 0.1) is 0 Å². The molecule has 0 radical (unpaired) electrons. The number of carboxylic acids is 3. The molecule has 10 nitrogen and oxygen atoms in total. The fraction of sp³-hybridized carbons (Fsp3) is 0.643. The van der Waals surface area contributed by atoms with Crippen molar-refractivity contribution in [2.45, 2.75) is 57.0 Å². The van der Waals surface area contributed by atoms with Crippen LogP contribution in [0.5, 0.6) is 0 Å². The van der Waals surface area contributed by atoms with Gasteiger partial charge in [-0.2, -0.15) is 0 Å². The fourth-order valence-corrected chi connectivity index (χ4v) is 1.82. The van der Waals surface area contributed by atoms with Crippen molar-refractivity contribution >= 4 is 29.8 Å². The van der Waals surface area contributed by atoms with E-state index in [0.717, 1.165) is 0 Å². The second-order valence-corrected chi connectivity index (χ2v) is 5.24. The zero-order valence-corrected chi connectivity index (χ0v) is 12.9. The van der Waals surface area contributed by atoms with E-state index < -0.39 is 48.3 Å². The van der Waals surface area contributed by atoms with Crippen LogP contribution >= 0.6 is 0 Å². The van der Waals surface area contributed by atoms with Crippen LogP contribution < -0.4 is 0 Å². The Morgan fingerprint density at radius 2 is 1.25 bits per heavy atom. The van der Waals surface area contributed by atoms with Gasteiger partial charge in [-0.3, -0.25) is 19.2 Å². The highest BCUT2D eigenvalue weighted by Gasteiger charge is 2.41. The van der Waals surface area contributed by atoms with Crippen LogP contribution in [0.2, 0.25) is 0 Å². The topological polar surface area (TPSA) is 175 Å². The van der Waals surface area contributed by atoms with Crippen molar-refractivity contribution in [2.75, 3.05) is 0 Å². The van der Waals surface area contributed by atoms with Gasteiger partial charge in [-0.25, -0.2) is 4.79 Å². The van der Waals surface area contributed by atoms with Crippen molar-refractivity contribution in [3.05, 3.63) is 0 Å². The number of carbonyl (C=O) groups excluding carboxylic acids is 2. The standard InChI is InChI=1S/C14H20O10/c15-9(16)5-3-1-2-4-6-11(19)24-12(20)8-14(23,13(21)22)7-10(17)18/h23H,1-8H2,(H,15,16)(H,17,18)(H,21,22). The summed E-state index contributed by atoms with van der Waals surface area (Å²) in [4.78, 5) is 54.5. The second kappa shape index (κ2) is 10.3. The molecule has 10 heteroatoms. The summed E-state index contributed by atoms with van der Waals surface area (Å²) in [7, 11) is 0. The molecule has 0 aliphatic rings. The van der Waals surface area contributed by atoms with Crippen LogP contribution in [-0.2, 0) is 28.7 Å². The normalized spacial score (nSPS) is 12.9. The lowest BCUT2D eigenvalue weighted by Crippen LogP contribution is -2.43. The van der Waals surface area contributed by atoms with Gasteiger partial charge in [-0.1, -0.05) is 12.8 Å². The molecule has 0 spiro atoms. The average Bonchev–Trinajstić information content (AvgIpc) is 2.40. The number of unbranched alkanes of at least 4 members (excludes halogenated alkanes) is 3. The highest BCUT2D eigenvalue weighted by molar-refractivity contribution is 5.92. The Morgan fingerprint density at radius 3 is 1.71 bits per heavy atom. The lowest BCUT2D eigenvalue weighted by atomic mass is 9.96. The first kappa shape index (κ1) is 21.5. The number of hydrogen-bond acceptors (Lipinski definition) is 7. The predicted octanol–water partition coefficient (Wildman–Crippen LogP) is 0.162. The van der Waals surface area contributed by atoms with Crippen molar-refractivity contribution in [2.24, 2.45) is 0 Å². The van der Waals surface area contributed by atoms with Crippen molar-refractivity contribution in [3.63, 3.8) is 0 Å². The zero-order valence-electron chi connectivity index (χ0n) is 12.9. The highest BCUT2D eigenvalue weighted by atomic mass is 16.6. The van der Waals surface area contributed by atoms with Gasteiger partial charge in [0, 0.05) is 12.8 Å². The van der Waals surface area contributed by atoms with Crippen LogP contribution in [-0.4, -0.2) is 55.9 Å². The molecule has 1 unspecified atom stereocenters. The number of rotatable bonds is 12. The maximum Gasteiger partial charge on any atom is 0.336 e. The summed E-state index contributed by atoms with van der Waals surface area (Å²) < 4.78 is 4.33. The minimum absolute atomic E-state index is 0.0281. The van der Waals surface area contributed by atoms with Gasteiger partial charge in [0.1, 0.15) is 0 Å². The van der Waals surface area contributed by atoms with E-state index in [0.29, 0.717) is 25.7 Å². The molecular weight excluding hydrogens is 328 g/mol. The highest BCUT2D eigenvalue weighted by Crippen LogP contribution is 2.17. The number of carbonyl (C=O) groups is 5. The smallest absolute Gasteiger partial charge is 0.336 e. The molecule has 1 atom stereocenters. The van der Waals surface area contributed by atoms with Crippen molar-refractivity contribution < 1.29 is 49.1 Å². The number of aliphatic hydroxyl groups is 1. The third-order valence-corrected chi connectivity index (χ3v) is 3.03. The van der Waals surface area contributed by atoms with E-state index in [4.69, 9.17) is 15.3 Å². The molecular formula is C14H20O10. The maximum absolute atomic E-state index is 11.4. The monoisotopic (exact) mass is 348 g/mol. The predicted molar refractivity (Wildman–Crippen MR) is 75.9 cm³/mol. The Hall–Kier alpha value is -2.49. The number of esters is 2. The van der Waals surface area contributed by atoms with Crippen molar-refractivity contribution in [3.8, 4) is 0 Å². The molecule has 0 aromatic rings. The van der Waals surface area contributed by atoms with Gasteiger partial charge in [-0.15, -0.1) is 0 Å². The number of ether oxygens (including phenoxy) is 1. The summed E-state index contributed by atoms with van der Waals surface area (Å²) in [6, 6.07) is 0. The van der Waals surface area contributed by atoms with Gasteiger partial charge >= 0.3 is 29.8 Å². The Bertz CT molecular complexity index is 498. The van der Waals surface area contributed by atoms with E-state index in [9.17, 15) is 29.1 Å². The van der Waals surface area contributed by atoms with Crippen LogP contribution in [0.4, 0.5) is 0 Å². The molecule has 24 heavy (non-hydrogen) atoms. The van der Waals surface area contributed by atoms with Gasteiger partial charge in [-0.05, 0) is 12.8 Å². The van der Waals surface area contributed by atoms with Crippen LogP contribution in [0.3, 0.4) is 0 Å². The van der Waals surface area contributed by atoms with E-state index in [-0.39, 0.29) is 12.8 Å². The minimum Gasteiger partial charge on any atom is -0.481 e. The molecule has 0 fully saturated rings. The number of hydrogen-bond donors (Lipinski definition) is 4. The summed E-state index contributed by atoms with van der Waals surface area (Å²) in [5.74, 6) is -6.71. The lowest BCUT2D eigenvalue weighted by molar-refractivity contribution is -0.174. The molecule has 0 amide bonds. The fourth-order valence-electron chi connectivity index (χ4n) is 1.82. The molecule has 136 valence electrons. The van der Waals surface area contributed by atoms with E-state index in [1.807, 2.05) is 0 Å². The molecule has 0 heterocycles. The number of aliphatic carboxylic acids is 3. The summed E-state index contributed by atoms with van der Waals surface area (Å²) in [6.45, 7) is 0. The van der Waals surface area contributed by atoms with Crippen molar-refractivity contribution in [1.82, 2.24) is 0 Å². The molecule has 0 aliphatic carbocycles. The molecule has 0 aliphatic heterocycles. The molecule has 0 aromatic heterocycles. The Labute approximate surface area is 137 Å². The van der Waals surface area contributed by atoms with E-state index in [1.54, 1.807) is 0 Å². The first-order valence-corrected chi connectivity index (χ1v) is 7.19. The third kappa shape index (κ3) is 9.51. The van der Waals surface area contributed by atoms with Gasteiger partial charge < -0.3 is 25.2 Å². The first-order valence-electron chi connectivity index (χ1n) is 7.19. The van der Waals surface area contributed by atoms with Crippen LogP contribution in [0.1, 0.15) is 51.4 Å². The van der Waals surface area contributed by atoms with Gasteiger partial charge in [0.25, 0.3) is 0 Å². The van der Waals surface area contributed by atoms with Gasteiger partial charge in [0.15, 0.2) is 5.60 Å². The summed E-state index contributed by atoms with van der Waals surface area (Å²) in [6.07, 6.45) is -0.536. The zero-order chi connectivity index (χ0) is 18.8. The molecule has 0 aromatic carbocycles. The van der Waals surface area contributed by atoms with E-state index >= 15 is 0 Å². The first-order chi connectivity index (χ1) is 11.1.